The monoisotopic (exact) mass is 329 g/mol. The minimum Gasteiger partial charge on any atom is -0.348 e. The lowest BCUT2D eigenvalue weighted by Crippen LogP contribution is -2.12. The Bertz CT molecular complexity index is 776. The van der Waals surface area contributed by atoms with Crippen LogP contribution < -0.4 is 4.90 Å². The molecule has 0 aliphatic carbocycles. The normalized spacial score (nSPS) is 11.0. The summed E-state index contributed by atoms with van der Waals surface area (Å²) in [6.45, 7) is 2.08. The van der Waals surface area contributed by atoms with Crippen molar-refractivity contribution in [3.63, 3.8) is 0 Å². The van der Waals surface area contributed by atoms with Crippen LogP contribution in [0, 0.1) is 6.92 Å². The second-order valence-electron chi connectivity index (χ2n) is 5.00. The number of halogens is 1. The minimum absolute atomic E-state index is 0.976. The number of benzene rings is 1. The van der Waals surface area contributed by atoms with Crippen LogP contribution in [0.3, 0.4) is 0 Å². The maximum absolute atomic E-state index is 4.54. The van der Waals surface area contributed by atoms with Crippen molar-refractivity contribution in [3.8, 4) is 0 Å². The molecule has 0 amide bonds. The van der Waals surface area contributed by atoms with Gasteiger partial charge in [-0.3, -0.25) is 0 Å². The van der Waals surface area contributed by atoms with Gasteiger partial charge in [0, 0.05) is 41.9 Å². The number of aryl methyl sites for hydroxylation is 2. The summed E-state index contributed by atoms with van der Waals surface area (Å²) in [5.74, 6) is 0.976. The summed E-state index contributed by atoms with van der Waals surface area (Å²) < 4.78 is 3.15. The van der Waals surface area contributed by atoms with E-state index in [1.807, 2.05) is 6.20 Å². The SMILES string of the molecule is Cc1cc(Br)cnc1N(C)c1cn(C)c2ccccc12. The zero-order valence-corrected chi connectivity index (χ0v) is 13.3. The lowest BCUT2D eigenvalue weighted by molar-refractivity contribution is 0.963. The molecule has 3 nitrogen and oxygen atoms in total. The van der Waals surface area contributed by atoms with Crippen molar-refractivity contribution in [2.24, 2.45) is 7.05 Å². The number of aromatic nitrogens is 2. The smallest absolute Gasteiger partial charge is 0.135 e. The lowest BCUT2D eigenvalue weighted by Gasteiger charge is -2.19. The molecule has 1 aromatic carbocycles. The average Bonchev–Trinajstić information content (AvgIpc) is 2.76. The van der Waals surface area contributed by atoms with Crippen LogP contribution in [0.15, 0.2) is 47.2 Å². The van der Waals surface area contributed by atoms with Crippen molar-refractivity contribution in [3.05, 3.63) is 52.8 Å². The van der Waals surface area contributed by atoms with Gasteiger partial charge >= 0.3 is 0 Å². The first-order valence-corrected chi connectivity index (χ1v) is 7.27. The third-order valence-electron chi connectivity index (χ3n) is 3.57. The quantitative estimate of drug-likeness (QED) is 0.694. The van der Waals surface area contributed by atoms with Crippen molar-refractivity contribution in [2.75, 3.05) is 11.9 Å². The van der Waals surface area contributed by atoms with Gasteiger partial charge in [0.2, 0.25) is 0 Å². The fraction of sp³-hybridized carbons (Fsp3) is 0.188. The zero-order chi connectivity index (χ0) is 14.3. The average molecular weight is 330 g/mol. The van der Waals surface area contributed by atoms with Crippen molar-refractivity contribution >= 4 is 38.3 Å². The highest BCUT2D eigenvalue weighted by Gasteiger charge is 2.14. The Kier molecular flexibility index (Phi) is 3.26. The molecule has 2 heterocycles. The van der Waals surface area contributed by atoms with Gasteiger partial charge < -0.3 is 9.47 Å². The molecule has 0 atom stereocenters. The Morgan fingerprint density at radius 2 is 2.00 bits per heavy atom. The van der Waals surface area contributed by atoms with Crippen LogP contribution in [0.25, 0.3) is 10.9 Å². The summed E-state index contributed by atoms with van der Waals surface area (Å²) in [4.78, 5) is 6.68. The predicted molar refractivity (Wildman–Crippen MR) is 87.7 cm³/mol. The third kappa shape index (κ3) is 2.10. The minimum atomic E-state index is 0.976. The lowest BCUT2D eigenvalue weighted by atomic mass is 10.2. The van der Waals surface area contributed by atoms with E-state index in [9.17, 15) is 0 Å². The summed E-state index contributed by atoms with van der Waals surface area (Å²) in [5.41, 5.74) is 3.54. The first-order chi connectivity index (χ1) is 9.58. The van der Waals surface area contributed by atoms with E-state index in [2.05, 4.69) is 87.9 Å². The van der Waals surface area contributed by atoms with Crippen molar-refractivity contribution < 1.29 is 0 Å². The molecular formula is C16H16BrN3. The topological polar surface area (TPSA) is 21.1 Å². The number of pyridine rings is 1. The van der Waals surface area contributed by atoms with Crippen LogP contribution >= 0.6 is 15.9 Å². The van der Waals surface area contributed by atoms with Crippen molar-refractivity contribution in [2.45, 2.75) is 6.92 Å². The third-order valence-corrected chi connectivity index (χ3v) is 4.01. The molecule has 0 saturated carbocycles. The molecule has 3 rings (SSSR count). The molecule has 3 aromatic rings. The molecule has 0 aliphatic heterocycles. The van der Waals surface area contributed by atoms with Crippen LogP contribution in [-0.4, -0.2) is 16.6 Å². The van der Waals surface area contributed by atoms with Gasteiger partial charge in [-0.05, 0) is 40.5 Å². The maximum Gasteiger partial charge on any atom is 0.135 e. The molecule has 0 spiro atoms. The number of hydrogen-bond donors (Lipinski definition) is 0. The fourth-order valence-electron chi connectivity index (χ4n) is 2.59. The molecule has 0 bridgehead atoms. The van der Waals surface area contributed by atoms with E-state index < -0.39 is 0 Å². The number of para-hydroxylation sites is 1. The molecule has 2 aromatic heterocycles. The van der Waals surface area contributed by atoms with E-state index in [1.54, 1.807) is 0 Å². The summed E-state index contributed by atoms with van der Waals surface area (Å²) in [6.07, 6.45) is 3.98. The molecule has 0 aliphatic rings. The Morgan fingerprint density at radius 1 is 1.25 bits per heavy atom. The van der Waals surface area contributed by atoms with Gasteiger partial charge in [-0.25, -0.2) is 4.98 Å². The number of nitrogens with zero attached hydrogens (tertiary/aromatic N) is 3. The van der Waals surface area contributed by atoms with Gasteiger partial charge in [-0.2, -0.15) is 0 Å². The van der Waals surface area contributed by atoms with Gasteiger partial charge in [0.1, 0.15) is 5.82 Å². The van der Waals surface area contributed by atoms with E-state index in [4.69, 9.17) is 0 Å². The number of fused-ring (bicyclic) bond motifs is 1. The van der Waals surface area contributed by atoms with E-state index in [-0.39, 0.29) is 0 Å². The Labute approximate surface area is 127 Å². The van der Waals surface area contributed by atoms with Gasteiger partial charge in [-0.15, -0.1) is 0 Å². The van der Waals surface area contributed by atoms with Crippen molar-refractivity contribution in [1.29, 1.82) is 0 Å². The van der Waals surface area contributed by atoms with E-state index in [1.165, 1.54) is 16.6 Å². The van der Waals surface area contributed by atoms with E-state index in [0.717, 1.165) is 15.9 Å². The fourth-order valence-corrected chi connectivity index (χ4v) is 3.03. The highest BCUT2D eigenvalue weighted by atomic mass is 79.9. The van der Waals surface area contributed by atoms with Crippen LogP contribution in [-0.2, 0) is 7.05 Å². The van der Waals surface area contributed by atoms with Gasteiger partial charge in [0.15, 0.2) is 0 Å². The molecule has 0 N–H and O–H groups in total. The highest BCUT2D eigenvalue weighted by Crippen LogP contribution is 2.33. The van der Waals surface area contributed by atoms with Crippen molar-refractivity contribution in [1.82, 2.24) is 9.55 Å². The molecular weight excluding hydrogens is 314 g/mol. The first-order valence-electron chi connectivity index (χ1n) is 6.48. The second kappa shape index (κ2) is 4.94. The summed E-state index contributed by atoms with van der Waals surface area (Å²) >= 11 is 3.46. The molecule has 0 saturated heterocycles. The van der Waals surface area contributed by atoms with Crippen LogP contribution in [0.1, 0.15) is 5.56 Å². The molecule has 0 radical (unpaired) electrons. The first kappa shape index (κ1) is 13.2. The molecule has 102 valence electrons. The summed E-state index contributed by atoms with van der Waals surface area (Å²) in [6, 6.07) is 10.5. The van der Waals surface area contributed by atoms with Gasteiger partial charge in [0.25, 0.3) is 0 Å². The number of anilines is 2. The molecule has 0 fully saturated rings. The van der Waals surface area contributed by atoms with E-state index >= 15 is 0 Å². The summed E-state index contributed by atoms with van der Waals surface area (Å²) in [5, 5.41) is 1.24. The molecule has 4 heteroatoms. The molecule has 20 heavy (non-hydrogen) atoms. The van der Waals surface area contributed by atoms with Crippen LogP contribution in [0.4, 0.5) is 11.5 Å². The molecule has 0 unspecified atom stereocenters. The van der Waals surface area contributed by atoms with Crippen LogP contribution in [0.5, 0.6) is 0 Å². The van der Waals surface area contributed by atoms with Crippen LogP contribution in [0.2, 0.25) is 0 Å². The standard InChI is InChI=1S/C16H16BrN3/c1-11-8-12(17)9-18-16(11)20(3)15-10-19(2)14-7-5-4-6-13(14)15/h4-10H,1-3H3. The Hall–Kier alpha value is -1.81. The highest BCUT2D eigenvalue weighted by molar-refractivity contribution is 9.10. The zero-order valence-electron chi connectivity index (χ0n) is 11.8. The maximum atomic E-state index is 4.54. The predicted octanol–water partition coefficient (Wildman–Crippen LogP) is 4.41. The largest absolute Gasteiger partial charge is 0.348 e. The van der Waals surface area contributed by atoms with Gasteiger partial charge in [0.05, 0.1) is 5.69 Å². The Morgan fingerprint density at radius 3 is 2.75 bits per heavy atom. The number of rotatable bonds is 2. The van der Waals surface area contributed by atoms with Gasteiger partial charge in [-0.1, -0.05) is 18.2 Å². The number of hydrogen-bond acceptors (Lipinski definition) is 2. The summed E-state index contributed by atoms with van der Waals surface area (Å²) in [7, 11) is 4.13. The Balaban J connectivity index is 2.15. The second-order valence-corrected chi connectivity index (χ2v) is 5.91. The van der Waals surface area contributed by atoms with E-state index in [0.29, 0.717) is 0 Å².